The summed E-state index contributed by atoms with van der Waals surface area (Å²) in [6.07, 6.45) is 3.70. The van der Waals surface area contributed by atoms with Crippen LogP contribution in [0.1, 0.15) is 24.5 Å². The van der Waals surface area contributed by atoms with Crippen LogP contribution in [0.5, 0.6) is 0 Å². The van der Waals surface area contributed by atoms with Gasteiger partial charge in [0, 0.05) is 0 Å². The molecule has 0 atom stereocenters. The summed E-state index contributed by atoms with van der Waals surface area (Å²) >= 11 is 0. The van der Waals surface area contributed by atoms with E-state index in [4.69, 9.17) is 5.73 Å². The van der Waals surface area contributed by atoms with Crippen LogP contribution in [0, 0.1) is 0 Å². The molecule has 0 saturated carbocycles. The number of nitrogens with zero attached hydrogens (tertiary/aromatic N) is 1. The van der Waals surface area contributed by atoms with Crippen molar-refractivity contribution in [2.75, 3.05) is 0 Å². The third kappa shape index (κ3) is 1.72. The Morgan fingerprint density at radius 2 is 2.08 bits per heavy atom. The molecule has 2 N–H and O–H groups in total. The molecule has 0 unspecified atom stereocenters. The lowest BCUT2D eigenvalue weighted by atomic mass is 10.1. The summed E-state index contributed by atoms with van der Waals surface area (Å²) < 4.78 is 0. The number of fused-ring (bicyclic) bond motifs is 1. The summed E-state index contributed by atoms with van der Waals surface area (Å²) in [7, 11) is 0. The maximum atomic E-state index is 5.52. The molecule has 1 aliphatic rings. The van der Waals surface area contributed by atoms with Crippen LogP contribution in [-0.2, 0) is 12.8 Å². The Bertz CT molecular complexity index is 349. The highest BCUT2D eigenvalue weighted by Crippen LogP contribution is 2.26. The first-order valence-electron chi connectivity index (χ1n) is 4.68. The van der Waals surface area contributed by atoms with E-state index in [0.29, 0.717) is 5.84 Å². The molecule has 0 amide bonds. The van der Waals surface area contributed by atoms with Crippen molar-refractivity contribution in [2.45, 2.75) is 26.2 Å². The minimum Gasteiger partial charge on any atom is -0.387 e. The summed E-state index contributed by atoms with van der Waals surface area (Å²) in [6, 6.07) is 6.36. The highest BCUT2D eigenvalue weighted by atomic mass is 14.8. The largest absolute Gasteiger partial charge is 0.387 e. The van der Waals surface area contributed by atoms with E-state index < -0.39 is 0 Å². The second kappa shape index (κ2) is 3.21. The lowest BCUT2D eigenvalue weighted by molar-refractivity contribution is 0.912. The summed E-state index contributed by atoms with van der Waals surface area (Å²) in [5.74, 6) is 0.623. The van der Waals surface area contributed by atoms with Crippen LogP contribution in [0.2, 0.25) is 0 Å². The number of rotatable bonds is 1. The number of amidine groups is 1. The molecule has 0 bridgehead atoms. The van der Waals surface area contributed by atoms with Crippen molar-refractivity contribution < 1.29 is 0 Å². The van der Waals surface area contributed by atoms with E-state index in [0.717, 1.165) is 5.69 Å². The Morgan fingerprint density at radius 1 is 1.31 bits per heavy atom. The van der Waals surface area contributed by atoms with Crippen LogP contribution in [0.4, 0.5) is 5.69 Å². The minimum atomic E-state index is 0.623. The van der Waals surface area contributed by atoms with Gasteiger partial charge in [0.05, 0.1) is 11.5 Å². The Labute approximate surface area is 78.5 Å². The second-order valence-electron chi connectivity index (χ2n) is 3.56. The summed E-state index contributed by atoms with van der Waals surface area (Å²) in [5.41, 5.74) is 9.43. The maximum Gasteiger partial charge on any atom is 0.0964 e. The van der Waals surface area contributed by atoms with Gasteiger partial charge in [-0.1, -0.05) is 6.07 Å². The number of aliphatic imine (C=N–C) groups is 1. The van der Waals surface area contributed by atoms with E-state index in [-0.39, 0.29) is 0 Å². The molecule has 1 aromatic rings. The Morgan fingerprint density at radius 3 is 2.85 bits per heavy atom. The van der Waals surface area contributed by atoms with E-state index in [1.54, 1.807) is 0 Å². The smallest absolute Gasteiger partial charge is 0.0964 e. The highest BCUT2D eigenvalue weighted by Gasteiger charge is 2.10. The molecule has 2 rings (SSSR count). The lowest BCUT2D eigenvalue weighted by Crippen LogP contribution is -2.03. The number of benzene rings is 1. The van der Waals surface area contributed by atoms with E-state index in [9.17, 15) is 0 Å². The van der Waals surface area contributed by atoms with Crippen LogP contribution >= 0.6 is 0 Å². The number of aryl methyl sites for hydroxylation is 2. The number of hydrogen-bond acceptors (Lipinski definition) is 1. The molecule has 0 aromatic heterocycles. The number of hydrogen-bond donors (Lipinski definition) is 1. The van der Waals surface area contributed by atoms with Gasteiger partial charge in [-0.3, -0.25) is 0 Å². The van der Waals surface area contributed by atoms with Crippen LogP contribution in [-0.4, -0.2) is 5.84 Å². The lowest BCUT2D eigenvalue weighted by Gasteiger charge is -2.00. The van der Waals surface area contributed by atoms with Crippen LogP contribution in [0.3, 0.4) is 0 Å². The predicted octanol–water partition coefficient (Wildman–Crippen LogP) is 2.18. The van der Waals surface area contributed by atoms with Gasteiger partial charge in [-0.25, -0.2) is 4.99 Å². The fourth-order valence-electron chi connectivity index (χ4n) is 1.83. The fraction of sp³-hybridized carbons (Fsp3) is 0.364. The van der Waals surface area contributed by atoms with Crippen molar-refractivity contribution in [2.24, 2.45) is 10.7 Å². The monoisotopic (exact) mass is 174 g/mol. The first-order valence-corrected chi connectivity index (χ1v) is 4.68. The first kappa shape index (κ1) is 8.30. The molecule has 2 heteroatoms. The Hall–Kier alpha value is -1.31. The third-order valence-corrected chi connectivity index (χ3v) is 2.39. The van der Waals surface area contributed by atoms with Crippen molar-refractivity contribution in [3.05, 3.63) is 29.3 Å². The molecular weight excluding hydrogens is 160 g/mol. The molecular formula is C11H14N2. The number of nitrogens with two attached hydrogens (primary N) is 1. The van der Waals surface area contributed by atoms with Crippen molar-refractivity contribution in [1.82, 2.24) is 0 Å². The van der Waals surface area contributed by atoms with Gasteiger partial charge in [0.2, 0.25) is 0 Å². The van der Waals surface area contributed by atoms with Gasteiger partial charge in [0.1, 0.15) is 0 Å². The minimum absolute atomic E-state index is 0.623. The van der Waals surface area contributed by atoms with Crippen molar-refractivity contribution >= 4 is 11.5 Å². The van der Waals surface area contributed by atoms with E-state index in [2.05, 4.69) is 17.1 Å². The molecule has 0 spiro atoms. The van der Waals surface area contributed by atoms with E-state index >= 15 is 0 Å². The van der Waals surface area contributed by atoms with E-state index in [1.807, 2.05) is 13.0 Å². The summed E-state index contributed by atoms with van der Waals surface area (Å²) in [4.78, 5) is 4.23. The van der Waals surface area contributed by atoms with Crippen LogP contribution in [0.25, 0.3) is 0 Å². The predicted molar refractivity (Wildman–Crippen MR) is 55.4 cm³/mol. The van der Waals surface area contributed by atoms with E-state index in [1.165, 1.54) is 30.4 Å². The molecule has 13 heavy (non-hydrogen) atoms. The van der Waals surface area contributed by atoms with Crippen molar-refractivity contribution in [3.8, 4) is 0 Å². The zero-order valence-electron chi connectivity index (χ0n) is 7.88. The average molecular weight is 174 g/mol. The zero-order chi connectivity index (χ0) is 9.26. The van der Waals surface area contributed by atoms with Crippen molar-refractivity contribution in [3.63, 3.8) is 0 Å². The SMILES string of the molecule is CC(N)=Nc1ccc2c(c1)CCC2. The molecule has 1 aliphatic carbocycles. The van der Waals surface area contributed by atoms with Gasteiger partial charge in [-0.2, -0.15) is 0 Å². The third-order valence-electron chi connectivity index (χ3n) is 2.39. The fourth-order valence-corrected chi connectivity index (χ4v) is 1.83. The Balaban J connectivity index is 2.36. The molecule has 0 fully saturated rings. The van der Waals surface area contributed by atoms with Crippen LogP contribution in [0.15, 0.2) is 23.2 Å². The molecule has 0 aliphatic heterocycles. The molecule has 0 heterocycles. The quantitative estimate of drug-likeness (QED) is 0.514. The van der Waals surface area contributed by atoms with Crippen LogP contribution < -0.4 is 5.73 Å². The molecule has 0 radical (unpaired) electrons. The molecule has 0 saturated heterocycles. The normalized spacial score (nSPS) is 15.9. The molecule has 1 aromatic carbocycles. The average Bonchev–Trinajstić information content (AvgIpc) is 2.49. The summed E-state index contributed by atoms with van der Waals surface area (Å²) in [6.45, 7) is 1.81. The topological polar surface area (TPSA) is 38.4 Å². The van der Waals surface area contributed by atoms with Gasteiger partial charge < -0.3 is 5.73 Å². The first-order chi connectivity index (χ1) is 6.25. The Kier molecular flexibility index (Phi) is 2.05. The molecule has 68 valence electrons. The van der Waals surface area contributed by atoms with Gasteiger partial charge in [0.25, 0.3) is 0 Å². The van der Waals surface area contributed by atoms with Gasteiger partial charge in [0.15, 0.2) is 0 Å². The molecule has 2 nitrogen and oxygen atoms in total. The summed E-state index contributed by atoms with van der Waals surface area (Å²) in [5, 5.41) is 0. The highest BCUT2D eigenvalue weighted by molar-refractivity contribution is 5.80. The van der Waals surface area contributed by atoms with Gasteiger partial charge >= 0.3 is 0 Å². The van der Waals surface area contributed by atoms with Gasteiger partial charge in [-0.05, 0) is 49.4 Å². The second-order valence-corrected chi connectivity index (χ2v) is 3.56. The van der Waals surface area contributed by atoms with Crippen molar-refractivity contribution in [1.29, 1.82) is 0 Å². The van der Waals surface area contributed by atoms with Gasteiger partial charge in [-0.15, -0.1) is 0 Å². The maximum absolute atomic E-state index is 5.52. The zero-order valence-corrected chi connectivity index (χ0v) is 7.88. The standard InChI is InChI=1S/C11H14N2/c1-8(12)13-11-6-5-9-3-2-4-10(9)7-11/h5-7H,2-4H2,1H3,(H2,12,13).